The van der Waals surface area contributed by atoms with Gasteiger partial charge in [0.05, 0.1) is 22.6 Å². The second-order valence-corrected chi connectivity index (χ2v) is 5.45. The van der Waals surface area contributed by atoms with Crippen LogP contribution in [-0.2, 0) is 10.5 Å². The normalized spacial score (nSPS) is 10.6. The predicted molar refractivity (Wildman–Crippen MR) is 89.2 cm³/mol. The molecule has 2 rings (SSSR count). The molecule has 2 aromatic rings. The van der Waals surface area contributed by atoms with Crippen molar-refractivity contribution in [1.29, 1.82) is 0 Å². The zero-order valence-electron chi connectivity index (χ0n) is 12.1. The minimum absolute atomic E-state index is 0.0559. The second-order valence-electron chi connectivity index (χ2n) is 4.46. The Morgan fingerprint density at radius 3 is 2.74 bits per heavy atom. The Hall–Kier alpha value is -2.74. The van der Waals surface area contributed by atoms with Crippen LogP contribution >= 0.6 is 11.8 Å². The Bertz CT molecular complexity index is 690. The molecule has 1 aromatic carbocycles. The van der Waals surface area contributed by atoms with Crippen molar-refractivity contribution in [1.82, 2.24) is 10.4 Å². The molecule has 0 aliphatic rings. The number of hydrogen-bond acceptors (Lipinski definition) is 6. The van der Waals surface area contributed by atoms with Crippen LogP contribution in [0, 0.1) is 10.1 Å². The molecule has 23 heavy (non-hydrogen) atoms. The van der Waals surface area contributed by atoms with E-state index in [0.29, 0.717) is 11.4 Å². The van der Waals surface area contributed by atoms with Gasteiger partial charge in [0.1, 0.15) is 0 Å². The monoisotopic (exact) mass is 330 g/mol. The van der Waals surface area contributed by atoms with Crippen molar-refractivity contribution in [2.75, 3.05) is 5.75 Å². The minimum Gasteiger partial charge on any atom is -0.272 e. The number of carbonyl (C=O) groups excluding carboxylic acids is 1. The van der Waals surface area contributed by atoms with Gasteiger partial charge in [-0.15, -0.1) is 11.8 Å². The first kappa shape index (κ1) is 16.6. The maximum atomic E-state index is 11.6. The average molecular weight is 330 g/mol. The number of non-ortho nitro benzene ring substituents is 1. The molecule has 118 valence electrons. The molecule has 1 amide bonds. The van der Waals surface area contributed by atoms with Crippen molar-refractivity contribution in [2.45, 2.75) is 5.75 Å². The van der Waals surface area contributed by atoms with E-state index in [1.54, 1.807) is 30.5 Å². The number of nitro benzene ring substituents is 1. The number of benzene rings is 1. The topological polar surface area (TPSA) is 97.5 Å². The number of carbonyl (C=O) groups is 1. The molecule has 0 bridgehead atoms. The summed E-state index contributed by atoms with van der Waals surface area (Å²) < 4.78 is 0. The summed E-state index contributed by atoms with van der Waals surface area (Å²) in [7, 11) is 0. The number of nitro groups is 1. The summed E-state index contributed by atoms with van der Waals surface area (Å²) >= 11 is 1.40. The van der Waals surface area contributed by atoms with Crippen molar-refractivity contribution in [2.24, 2.45) is 5.10 Å². The third-order valence-electron chi connectivity index (χ3n) is 2.72. The van der Waals surface area contributed by atoms with Crippen molar-refractivity contribution in [3.63, 3.8) is 0 Å². The molecular formula is C15H14N4O3S. The number of nitrogens with zero attached hydrogens (tertiary/aromatic N) is 3. The summed E-state index contributed by atoms with van der Waals surface area (Å²) in [4.78, 5) is 25.8. The van der Waals surface area contributed by atoms with E-state index in [2.05, 4.69) is 15.5 Å². The molecule has 1 N–H and O–H groups in total. The Kier molecular flexibility index (Phi) is 6.25. The quantitative estimate of drug-likeness (QED) is 0.477. The van der Waals surface area contributed by atoms with Gasteiger partial charge in [-0.3, -0.25) is 19.9 Å². The van der Waals surface area contributed by atoms with Gasteiger partial charge in [0, 0.05) is 24.1 Å². The van der Waals surface area contributed by atoms with Crippen molar-refractivity contribution < 1.29 is 9.72 Å². The SMILES string of the molecule is O=C(CSCc1ccc([N+](=O)[O-])cc1)N/N=C/c1ccccn1. The number of hydrazone groups is 1. The molecule has 7 nitrogen and oxygen atoms in total. The molecule has 0 fully saturated rings. The van der Waals surface area contributed by atoms with Crippen LogP contribution < -0.4 is 5.43 Å². The van der Waals surface area contributed by atoms with Crippen molar-refractivity contribution in [3.8, 4) is 0 Å². The third-order valence-corrected chi connectivity index (χ3v) is 3.73. The summed E-state index contributed by atoms with van der Waals surface area (Å²) in [6.45, 7) is 0. The molecule has 0 radical (unpaired) electrons. The van der Waals surface area contributed by atoms with Crippen molar-refractivity contribution >= 4 is 29.6 Å². The number of hydrogen-bond donors (Lipinski definition) is 1. The summed E-state index contributed by atoms with van der Waals surface area (Å²) in [5, 5.41) is 14.4. The van der Waals surface area contributed by atoms with E-state index in [0.717, 1.165) is 5.56 Å². The van der Waals surface area contributed by atoms with Gasteiger partial charge >= 0.3 is 0 Å². The van der Waals surface area contributed by atoms with E-state index in [1.165, 1.54) is 30.1 Å². The summed E-state index contributed by atoms with van der Waals surface area (Å²) in [6, 6.07) is 11.7. The van der Waals surface area contributed by atoms with Crippen LogP contribution in [0.3, 0.4) is 0 Å². The van der Waals surface area contributed by atoms with Gasteiger partial charge in [0.25, 0.3) is 5.69 Å². The highest BCUT2D eigenvalue weighted by atomic mass is 32.2. The van der Waals surface area contributed by atoms with Gasteiger partial charge in [-0.2, -0.15) is 5.10 Å². The van der Waals surface area contributed by atoms with Gasteiger partial charge < -0.3 is 0 Å². The fourth-order valence-corrected chi connectivity index (χ4v) is 2.41. The van der Waals surface area contributed by atoms with E-state index in [1.807, 2.05) is 6.07 Å². The zero-order valence-corrected chi connectivity index (χ0v) is 12.9. The van der Waals surface area contributed by atoms with Crippen LogP contribution in [0.15, 0.2) is 53.8 Å². The van der Waals surface area contributed by atoms with Gasteiger partial charge in [-0.1, -0.05) is 18.2 Å². The molecule has 1 aromatic heterocycles. The Balaban J connectivity index is 1.70. The van der Waals surface area contributed by atoms with E-state index in [-0.39, 0.29) is 17.3 Å². The second kappa shape index (κ2) is 8.64. The number of amides is 1. The lowest BCUT2D eigenvalue weighted by molar-refractivity contribution is -0.384. The van der Waals surface area contributed by atoms with E-state index >= 15 is 0 Å². The first-order chi connectivity index (χ1) is 11.1. The van der Waals surface area contributed by atoms with Gasteiger partial charge in [0.15, 0.2) is 0 Å². The van der Waals surface area contributed by atoms with E-state index in [4.69, 9.17) is 0 Å². The smallest absolute Gasteiger partial charge is 0.269 e. The molecule has 0 saturated heterocycles. The number of thioether (sulfide) groups is 1. The van der Waals surface area contributed by atoms with Gasteiger partial charge in [-0.25, -0.2) is 5.43 Å². The maximum absolute atomic E-state index is 11.6. The number of aromatic nitrogens is 1. The van der Waals surface area contributed by atoms with Gasteiger partial charge in [-0.05, 0) is 17.7 Å². The molecule has 0 aliphatic carbocycles. The molecule has 0 spiro atoms. The largest absolute Gasteiger partial charge is 0.272 e. The summed E-state index contributed by atoms with van der Waals surface area (Å²) in [6.07, 6.45) is 3.11. The lowest BCUT2D eigenvalue weighted by atomic mass is 10.2. The maximum Gasteiger partial charge on any atom is 0.269 e. The molecule has 0 saturated carbocycles. The predicted octanol–water partition coefficient (Wildman–Crippen LogP) is 2.37. The first-order valence-electron chi connectivity index (χ1n) is 6.69. The standard InChI is InChI=1S/C15H14N4O3S/c20-15(18-17-9-13-3-1-2-8-16-13)11-23-10-12-4-6-14(7-5-12)19(21)22/h1-9H,10-11H2,(H,18,20)/b17-9+. The summed E-state index contributed by atoms with van der Waals surface area (Å²) in [5.74, 6) is 0.621. The summed E-state index contributed by atoms with van der Waals surface area (Å²) in [5.41, 5.74) is 4.06. The first-order valence-corrected chi connectivity index (χ1v) is 7.84. The Labute approximate surface area is 137 Å². The third kappa shape index (κ3) is 5.87. The Morgan fingerprint density at radius 1 is 1.30 bits per heavy atom. The molecule has 0 unspecified atom stereocenters. The highest BCUT2D eigenvalue weighted by molar-refractivity contribution is 7.99. The lowest BCUT2D eigenvalue weighted by Gasteiger charge is -2.01. The van der Waals surface area contributed by atoms with E-state index in [9.17, 15) is 14.9 Å². The van der Waals surface area contributed by atoms with Crippen LogP contribution in [0.25, 0.3) is 0 Å². The van der Waals surface area contributed by atoms with Gasteiger partial charge in [0.2, 0.25) is 5.91 Å². The number of nitrogens with one attached hydrogen (secondary N) is 1. The molecule has 0 aliphatic heterocycles. The molecule has 1 heterocycles. The van der Waals surface area contributed by atoms with E-state index < -0.39 is 4.92 Å². The highest BCUT2D eigenvalue weighted by Gasteiger charge is 2.05. The van der Waals surface area contributed by atoms with Crippen LogP contribution in [0.1, 0.15) is 11.3 Å². The average Bonchev–Trinajstić information content (AvgIpc) is 2.56. The molecular weight excluding hydrogens is 316 g/mol. The molecule has 0 atom stereocenters. The van der Waals surface area contributed by atoms with Crippen LogP contribution in [0.5, 0.6) is 0 Å². The fraction of sp³-hybridized carbons (Fsp3) is 0.133. The van der Waals surface area contributed by atoms with Crippen molar-refractivity contribution in [3.05, 3.63) is 70.0 Å². The Morgan fingerprint density at radius 2 is 2.09 bits per heavy atom. The van der Waals surface area contributed by atoms with Crippen LogP contribution in [0.2, 0.25) is 0 Å². The number of rotatable bonds is 7. The fourth-order valence-electron chi connectivity index (χ4n) is 1.63. The minimum atomic E-state index is -0.441. The number of pyridine rings is 1. The van der Waals surface area contributed by atoms with Crippen LogP contribution in [-0.4, -0.2) is 27.8 Å². The van der Waals surface area contributed by atoms with Crippen LogP contribution in [0.4, 0.5) is 5.69 Å². The zero-order chi connectivity index (χ0) is 16.5. The molecule has 8 heteroatoms. The highest BCUT2D eigenvalue weighted by Crippen LogP contribution is 2.16. The lowest BCUT2D eigenvalue weighted by Crippen LogP contribution is -2.19.